The molecule has 0 unspecified atom stereocenters. The van der Waals surface area contributed by atoms with Crippen LogP contribution in [-0.4, -0.2) is 47.8 Å². The predicted molar refractivity (Wildman–Crippen MR) is 111 cm³/mol. The number of carbonyl (C=O) groups excluding carboxylic acids is 2. The third kappa shape index (κ3) is 5.23. The van der Waals surface area contributed by atoms with Gasteiger partial charge in [0.15, 0.2) is 0 Å². The van der Waals surface area contributed by atoms with Gasteiger partial charge in [-0.05, 0) is 29.8 Å². The van der Waals surface area contributed by atoms with Crippen LogP contribution < -0.4 is 10.2 Å². The summed E-state index contributed by atoms with van der Waals surface area (Å²) in [5.41, 5.74) is 2.03. The van der Waals surface area contributed by atoms with E-state index >= 15 is 0 Å². The van der Waals surface area contributed by atoms with Crippen molar-refractivity contribution in [3.63, 3.8) is 0 Å². The fourth-order valence-electron chi connectivity index (χ4n) is 3.30. The number of halogens is 1. The topological polar surface area (TPSA) is 95.8 Å². The van der Waals surface area contributed by atoms with E-state index in [4.69, 9.17) is 11.6 Å². The molecular weight excluding hydrogens is 396 g/mol. The van der Waals surface area contributed by atoms with Crippen LogP contribution in [0.15, 0.2) is 42.5 Å². The summed E-state index contributed by atoms with van der Waals surface area (Å²) in [6, 6.07) is 11.8. The summed E-state index contributed by atoms with van der Waals surface area (Å²) in [4.78, 5) is 38.2. The van der Waals surface area contributed by atoms with Crippen molar-refractivity contribution in [2.24, 2.45) is 0 Å². The van der Waals surface area contributed by atoms with Crippen molar-refractivity contribution >= 4 is 40.5 Å². The van der Waals surface area contributed by atoms with Crippen molar-refractivity contribution in [1.82, 2.24) is 4.90 Å². The summed E-state index contributed by atoms with van der Waals surface area (Å²) < 4.78 is 0. The first-order valence-corrected chi connectivity index (χ1v) is 9.54. The van der Waals surface area contributed by atoms with Gasteiger partial charge in [-0.25, -0.2) is 0 Å². The zero-order chi connectivity index (χ0) is 21.0. The smallest absolute Gasteiger partial charge is 0.294 e. The lowest BCUT2D eigenvalue weighted by atomic mass is 10.1. The van der Waals surface area contributed by atoms with E-state index < -0.39 is 4.92 Å². The van der Waals surface area contributed by atoms with Crippen LogP contribution in [0, 0.1) is 10.1 Å². The van der Waals surface area contributed by atoms with Gasteiger partial charge >= 0.3 is 0 Å². The van der Waals surface area contributed by atoms with Crippen molar-refractivity contribution in [2.75, 3.05) is 36.4 Å². The summed E-state index contributed by atoms with van der Waals surface area (Å²) in [7, 11) is 0. The quantitative estimate of drug-likeness (QED) is 0.596. The molecule has 0 aromatic heterocycles. The van der Waals surface area contributed by atoms with Gasteiger partial charge in [0.2, 0.25) is 11.8 Å². The molecule has 0 bridgehead atoms. The molecule has 2 aromatic carbocycles. The van der Waals surface area contributed by atoms with Crippen molar-refractivity contribution in [1.29, 1.82) is 0 Å². The lowest BCUT2D eigenvalue weighted by molar-refractivity contribution is -0.384. The largest absolute Gasteiger partial charge is 0.362 e. The average molecular weight is 417 g/mol. The minimum absolute atomic E-state index is 0.00235. The van der Waals surface area contributed by atoms with Gasteiger partial charge in [-0.15, -0.1) is 0 Å². The Labute approximate surface area is 173 Å². The van der Waals surface area contributed by atoms with E-state index in [1.165, 1.54) is 13.0 Å². The van der Waals surface area contributed by atoms with Crippen LogP contribution in [0.4, 0.5) is 17.1 Å². The fraction of sp³-hybridized carbons (Fsp3) is 0.300. The van der Waals surface area contributed by atoms with E-state index in [1.54, 1.807) is 29.2 Å². The minimum atomic E-state index is -0.441. The Hall–Kier alpha value is -3.13. The zero-order valence-electron chi connectivity index (χ0n) is 15.9. The molecule has 29 heavy (non-hydrogen) atoms. The second-order valence-corrected chi connectivity index (χ2v) is 7.25. The summed E-state index contributed by atoms with van der Waals surface area (Å²) in [6.07, 6.45) is 0.265. The van der Waals surface area contributed by atoms with Gasteiger partial charge in [0.1, 0.15) is 5.69 Å². The molecule has 1 aliphatic heterocycles. The monoisotopic (exact) mass is 416 g/mol. The SMILES string of the molecule is CC(=O)Nc1ccc(CC(=O)N2CCN(c3ccc(Cl)cc3[N+](=O)[O-])CC2)cc1. The predicted octanol–water partition coefficient (Wildman–Crippen LogP) is 3.10. The highest BCUT2D eigenvalue weighted by atomic mass is 35.5. The summed E-state index contributed by atoms with van der Waals surface area (Å²) in [6.45, 7) is 3.44. The number of amides is 2. The van der Waals surface area contributed by atoms with E-state index in [2.05, 4.69) is 5.32 Å². The van der Waals surface area contributed by atoms with Crippen molar-refractivity contribution in [2.45, 2.75) is 13.3 Å². The van der Waals surface area contributed by atoms with Crippen LogP contribution in [0.2, 0.25) is 5.02 Å². The van der Waals surface area contributed by atoms with E-state index in [-0.39, 0.29) is 23.9 Å². The molecule has 0 aliphatic carbocycles. The first-order valence-electron chi connectivity index (χ1n) is 9.16. The highest BCUT2D eigenvalue weighted by Crippen LogP contribution is 2.31. The second-order valence-electron chi connectivity index (χ2n) is 6.81. The maximum atomic E-state index is 12.6. The van der Waals surface area contributed by atoms with Gasteiger partial charge in [-0.2, -0.15) is 0 Å². The minimum Gasteiger partial charge on any atom is -0.362 e. The van der Waals surface area contributed by atoms with Crippen LogP contribution in [0.3, 0.4) is 0 Å². The number of hydrogen-bond donors (Lipinski definition) is 1. The van der Waals surface area contributed by atoms with Crippen molar-refractivity contribution < 1.29 is 14.5 Å². The molecule has 0 atom stereocenters. The molecule has 0 radical (unpaired) electrons. The molecule has 0 spiro atoms. The Kier molecular flexibility index (Phi) is 6.33. The molecule has 3 rings (SSSR count). The van der Waals surface area contributed by atoms with Crippen LogP contribution in [0.25, 0.3) is 0 Å². The van der Waals surface area contributed by atoms with Crippen LogP contribution in [0.5, 0.6) is 0 Å². The fourth-order valence-corrected chi connectivity index (χ4v) is 3.47. The number of nitro benzene ring substituents is 1. The third-order valence-corrected chi connectivity index (χ3v) is 4.97. The molecule has 1 heterocycles. The number of nitrogens with zero attached hydrogens (tertiary/aromatic N) is 3. The third-order valence-electron chi connectivity index (χ3n) is 4.74. The summed E-state index contributed by atoms with van der Waals surface area (Å²) in [5, 5.41) is 14.3. The Morgan fingerprint density at radius 3 is 2.34 bits per heavy atom. The van der Waals surface area contributed by atoms with Crippen LogP contribution >= 0.6 is 11.6 Å². The van der Waals surface area contributed by atoms with Gasteiger partial charge in [-0.1, -0.05) is 23.7 Å². The molecule has 9 heteroatoms. The molecule has 152 valence electrons. The molecule has 8 nitrogen and oxygen atoms in total. The summed E-state index contributed by atoms with van der Waals surface area (Å²) in [5.74, 6) is -0.143. The molecule has 1 saturated heterocycles. The standard InChI is InChI=1S/C20H21ClN4O4/c1-14(26)22-17-5-2-15(3-6-17)12-20(27)24-10-8-23(9-11-24)18-7-4-16(21)13-19(18)25(28)29/h2-7,13H,8-12H2,1H3,(H,22,26). The number of piperazine rings is 1. The Morgan fingerprint density at radius 2 is 1.76 bits per heavy atom. The van der Waals surface area contributed by atoms with Crippen LogP contribution in [-0.2, 0) is 16.0 Å². The number of nitrogens with one attached hydrogen (secondary N) is 1. The number of carbonyl (C=O) groups is 2. The molecule has 2 amide bonds. The van der Waals surface area contributed by atoms with Gasteiger partial charge in [-0.3, -0.25) is 19.7 Å². The van der Waals surface area contributed by atoms with Crippen LogP contribution in [0.1, 0.15) is 12.5 Å². The lowest BCUT2D eigenvalue weighted by Gasteiger charge is -2.36. The molecule has 1 N–H and O–H groups in total. The Morgan fingerprint density at radius 1 is 1.10 bits per heavy atom. The molecule has 1 fully saturated rings. The maximum absolute atomic E-state index is 12.6. The van der Waals surface area contributed by atoms with Gasteiger partial charge in [0.25, 0.3) is 5.69 Å². The van der Waals surface area contributed by atoms with E-state index in [0.29, 0.717) is 42.6 Å². The maximum Gasteiger partial charge on any atom is 0.294 e. The second kappa shape index (κ2) is 8.91. The first kappa shape index (κ1) is 20.6. The van der Waals surface area contributed by atoms with Crippen molar-refractivity contribution in [3.05, 3.63) is 63.2 Å². The van der Waals surface area contributed by atoms with Gasteiger partial charge < -0.3 is 15.1 Å². The highest BCUT2D eigenvalue weighted by Gasteiger charge is 2.26. The van der Waals surface area contributed by atoms with Crippen molar-refractivity contribution in [3.8, 4) is 0 Å². The zero-order valence-corrected chi connectivity index (χ0v) is 16.7. The van der Waals surface area contributed by atoms with Gasteiger partial charge in [0.05, 0.1) is 11.3 Å². The molecule has 2 aromatic rings. The average Bonchev–Trinajstić information content (AvgIpc) is 2.69. The molecule has 1 aliphatic rings. The Bertz CT molecular complexity index is 925. The summed E-state index contributed by atoms with van der Waals surface area (Å²) >= 11 is 5.88. The number of hydrogen-bond acceptors (Lipinski definition) is 5. The van der Waals surface area contributed by atoms with E-state index in [9.17, 15) is 19.7 Å². The molecular formula is C20H21ClN4O4. The van der Waals surface area contributed by atoms with E-state index in [1.807, 2.05) is 17.0 Å². The highest BCUT2D eigenvalue weighted by molar-refractivity contribution is 6.30. The molecule has 0 saturated carbocycles. The first-order chi connectivity index (χ1) is 13.8. The normalized spacial score (nSPS) is 13.9. The number of benzene rings is 2. The van der Waals surface area contributed by atoms with Gasteiger partial charge in [0, 0.05) is 49.9 Å². The number of anilines is 2. The lowest BCUT2D eigenvalue weighted by Crippen LogP contribution is -2.49. The number of nitro groups is 1. The number of rotatable bonds is 5. The van der Waals surface area contributed by atoms with E-state index in [0.717, 1.165) is 5.56 Å². The Balaban J connectivity index is 1.59.